The largest absolute Gasteiger partial charge is 0.330 e. The lowest BCUT2D eigenvalue weighted by Gasteiger charge is -2.38. The van der Waals surface area contributed by atoms with Crippen LogP contribution in [-0.2, 0) is 11.2 Å². The second-order valence-corrected chi connectivity index (χ2v) is 6.90. The van der Waals surface area contributed by atoms with Gasteiger partial charge in [-0.05, 0) is 37.3 Å². The van der Waals surface area contributed by atoms with Crippen LogP contribution in [0.5, 0.6) is 0 Å². The quantitative estimate of drug-likeness (QED) is 0.832. The summed E-state index contributed by atoms with van der Waals surface area (Å²) in [5.41, 5.74) is 5.11. The van der Waals surface area contributed by atoms with Gasteiger partial charge in [-0.1, -0.05) is 18.9 Å². The smallest absolute Gasteiger partial charge is 0.325 e. The standard InChI is InChI=1S/C15H21N3O2S/c16-10-11-4-1-2-7-15(11)13(19)18(14(20)17-15)8-6-12-5-3-9-21-12/h3,5,9,11H,1-2,4,6-8,10,16H2,(H,17,20). The number of nitrogens with zero attached hydrogens (tertiary/aromatic N) is 1. The molecule has 1 aromatic heterocycles. The fourth-order valence-electron chi connectivity index (χ4n) is 3.53. The van der Waals surface area contributed by atoms with Crippen LogP contribution in [0.4, 0.5) is 4.79 Å². The van der Waals surface area contributed by atoms with Crippen LogP contribution < -0.4 is 11.1 Å². The Hall–Kier alpha value is -1.40. The molecule has 1 saturated heterocycles. The summed E-state index contributed by atoms with van der Waals surface area (Å²) in [6, 6.07) is 3.76. The first kappa shape index (κ1) is 14.5. The molecule has 3 N–H and O–H groups in total. The Morgan fingerprint density at radius 2 is 2.29 bits per heavy atom. The molecular formula is C15H21N3O2S. The fourth-order valence-corrected chi connectivity index (χ4v) is 4.23. The molecule has 2 fully saturated rings. The Morgan fingerprint density at radius 1 is 1.43 bits per heavy atom. The van der Waals surface area contributed by atoms with E-state index in [-0.39, 0.29) is 17.9 Å². The molecule has 5 nitrogen and oxygen atoms in total. The van der Waals surface area contributed by atoms with Crippen molar-refractivity contribution < 1.29 is 9.59 Å². The monoisotopic (exact) mass is 307 g/mol. The highest BCUT2D eigenvalue weighted by Crippen LogP contribution is 2.38. The van der Waals surface area contributed by atoms with Gasteiger partial charge in [-0.2, -0.15) is 0 Å². The molecule has 6 heteroatoms. The van der Waals surface area contributed by atoms with E-state index in [0.29, 0.717) is 13.1 Å². The van der Waals surface area contributed by atoms with Crippen molar-refractivity contribution in [2.45, 2.75) is 37.6 Å². The van der Waals surface area contributed by atoms with E-state index in [1.807, 2.05) is 17.5 Å². The maximum absolute atomic E-state index is 12.8. The van der Waals surface area contributed by atoms with Crippen molar-refractivity contribution in [2.75, 3.05) is 13.1 Å². The summed E-state index contributed by atoms with van der Waals surface area (Å²) in [4.78, 5) is 27.6. The normalized spacial score (nSPS) is 29.2. The van der Waals surface area contributed by atoms with E-state index < -0.39 is 5.54 Å². The van der Waals surface area contributed by atoms with Crippen LogP contribution in [0.3, 0.4) is 0 Å². The van der Waals surface area contributed by atoms with Gasteiger partial charge in [-0.15, -0.1) is 11.3 Å². The molecule has 0 radical (unpaired) electrons. The number of hydrogen-bond donors (Lipinski definition) is 2. The average molecular weight is 307 g/mol. The van der Waals surface area contributed by atoms with Gasteiger partial charge in [0.25, 0.3) is 5.91 Å². The summed E-state index contributed by atoms with van der Waals surface area (Å²) >= 11 is 1.65. The van der Waals surface area contributed by atoms with Gasteiger partial charge in [0.05, 0.1) is 0 Å². The summed E-state index contributed by atoms with van der Waals surface area (Å²) in [5, 5.41) is 4.97. The first-order valence-electron chi connectivity index (χ1n) is 7.54. The molecule has 2 aliphatic rings. The van der Waals surface area contributed by atoms with Gasteiger partial charge in [0, 0.05) is 17.3 Å². The summed E-state index contributed by atoms with van der Waals surface area (Å²) in [7, 11) is 0. The number of nitrogens with two attached hydrogens (primary N) is 1. The van der Waals surface area contributed by atoms with Crippen molar-refractivity contribution in [3.63, 3.8) is 0 Å². The third kappa shape index (κ3) is 2.46. The van der Waals surface area contributed by atoms with Crippen LogP contribution in [0.25, 0.3) is 0 Å². The van der Waals surface area contributed by atoms with Crippen LogP contribution in [0.1, 0.15) is 30.6 Å². The highest BCUT2D eigenvalue weighted by molar-refractivity contribution is 7.09. The third-order valence-electron chi connectivity index (χ3n) is 4.72. The zero-order valence-corrected chi connectivity index (χ0v) is 12.8. The number of imide groups is 1. The molecule has 3 amide bonds. The third-order valence-corrected chi connectivity index (χ3v) is 5.66. The molecule has 1 aliphatic carbocycles. The van der Waals surface area contributed by atoms with E-state index in [9.17, 15) is 9.59 Å². The van der Waals surface area contributed by atoms with E-state index >= 15 is 0 Å². The van der Waals surface area contributed by atoms with Gasteiger partial charge in [-0.25, -0.2) is 4.79 Å². The Labute approximate surface area is 128 Å². The Kier molecular flexibility index (Phi) is 3.99. The van der Waals surface area contributed by atoms with Gasteiger partial charge < -0.3 is 11.1 Å². The lowest BCUT2D eigenvalue weighted by Crippen LogP contribution is -2.57. The highest BCUT2D eigenvalue weighted by Gasteiger charge is 2.55. The van der Waals surface area contributed by atoms with E-state index in [2.05, 4.69) is 5.32 Å². The number of thiophene rings is 1. The van der Waals surface area contributed by atoms with E-state index in [4.69, 9.17) is 5.73 Å². The predicted octanol–water partition coefficient (Wildman–Crippen LogP) is 1.73. The van der Waals surface area contributed by atoms with Crippen LogP contribution in [0.2, 0.25) is 0 Å². The van der Waals surface area contributed by atoms with Gasteiger partial charge in [0.15, 0.2) is 0 Å². The molecule has 0 bridgehead atoms. The minimum absolute atomic E-state index is 0.0643. The van der Waals surface area contributed by atoms with Crippen molar-refractivity contribution in [1.29, 1.82) is 0 Å². The molecule has 1 aromatic rings. The van der Waals surface area contributed by atoms with Gasteiger partial charge >= 0.3 is 6.03 Å². The molecular weight excluding hydrogens is 286 g/mol. The summed E-state index contributed by atoms with van der Waals surface area (Å²) < 4.78 is 0. The molecule has 114 valence electrons. The SMILES string of the molecule is NCC1CCCCC12NC(=O)N(CCc1cccs1)C2=O. The van der Waals surface area contributed by atoms with Gasteiger partial charge in [0.2, 0.25) is 0 Å². The molecule has 1 aliphatic heterocycles. The van der Waals surface area contributed by atoms with Crippen molar-refractivity contribution in [3.8, 4) is 0 Å². The number of hydrogen-bond acceptors (Lipinski definition) is 4. The summed E-state index contributed by atoms with van der Waals surface area (Å²) in [6.45, 7) is 0.898. The summed E-state index contributed by atoms with van der Waals surface area (Å²) in [6.07, 6.45) is 4.42. The maximum Gasteiger partial charge on any atom is 0.325 e. The molecule has 3 rings (SSSR count). The molecule has 2 unspecified atom stereocenters. The number of amides is 3. The molecule has 0 aromatic carbocycles. The van der Waals surface area contributed by atoms with Crippen molar-refractivity contribution >= 4 is 23.3 Å². The molecule has 2 heterocycles. The number of urea groups is 1. The highest BCUT2D eigenvalue weighted by atomic mass is 32.1. The Bertz CT molecular complexity index is 531. The second kappa shape index (κ2) is 5.77. The topological polar surface area (TPSA) is 75.4 Å². The molecule has 1 spiro atoms. The second-order valence-electron chi connectivity index (χ2n) is 5.87. The van der Waals surface area contributed by atoms with Crippen molar-refractivity contribution in [1.82, 2.24) is 10.2 Å². The molecule has 21 heavy (non-hydrogen) atoms. The minimum Gasteiger partial charge on any atom is -0.330 e. The lowest BCUT2D eigenvalue weighted by molar-refractivity contribution is -0.134. The zero-order valence-electron chi connectivity index (χ0n) is 12.0. The molecule has 2 atom stereocenters. The van der Waals surface area contributed by atoms with Crippen LogP contribution in [0, 0.1) is 5.92 Å². The first-order chi connectivity index (χ1) is 10.2. The Morgan fingerprint density at radius 3 is 3.00 bits per heavy atom. The van der Waals surface area contributed by atoms with E-state index in [1.165, 1.54) is 9.78 Å². The van der Waals surface area contributed by atoms with Gasteiger partial charge in [-0.3, -0.25) is 9.69 Å². The maximum atomic E-state index is 12.8. The minimum atomic E-state index is -0.737. The number of rotatable bonds is 4. The van der Waals surface area contributed by atoms with Crippen molar-refractivity contribution in [3.05, 3.63) is 22.4 Å². The predicted molar refractivity (Wildman–Crippen MR) is 82.0 cm³/mol. The molecule has 1 saturated carbocycles. The van der Waals surface area contributed by atoms with Gasteiger partial charge in [0.1, 0.15) is 5.54 Å². The Balaban J connectivity index is 1.74. The number of carbonyl (C=O) groups is 2. The summed E-state index contributed by atoms with van der Waals surface area (Å²) in [5.74, 6) is -0.00589. The van der Waals surface area contributed by atoms with Crippen LogP contribution in [-0.4, -0.2) is 35.5 Å². The average Bonchev–Trinajstić information content (AvgIpc) is 3.07. The number of nitrogens with one attached hydrogen (secondary N) is 1. The zero-order chi connectivity index (χ0) is 14.9. The lowest BCUT2D eigenvalue weighted by atomic mass is 9.72. The van der Waals surface area contributed by atoms with Crippen molar-refractivity contribution in [2.24, 2.45) is 11.7 Å². The van der Waals surface area contributed by atoms with E-state index in [1.54, 1.807) is 11.3 Å². The van der Waals surface area contributed by atoms with Crippen LogP contribution in [0.15, 0.2) is 17.5 Å². The first-order valence-corrected chi connectivity index (χ1v) is 8.42. The number of carbonyl (C=O) groups excluding carboxylic acids is 2. The van der Waals surface area contributed by atoms with Crippen LogP contribution >= 0.6 is 11.3 Å². The van der Waals surface area contributed by atoms with E-state index in [0.717, 1.165) is 32.1 Å². The fraction of sp³-hybridized carbons (Fsp3) is 0.600.